The third kappa shape index (κ3) is 5.72. The van der Waals surface area contributed by atoms with Crippen LogP contribution in [0.2, 0.25) is 5.02 Å². The molecule has 0 aliphatic rings. The van der Waals surface area contributed by atoms with Gasteiger partial charge >= 0.3 is 5.97 Å². The Balaban J connectivity index is 1.80. The summed E-state index contributed by atoms with van der Waals surface area (Å²) in [6.07, 6.45) is 1.36. The number of carbonyl (C=O) groups is 2. The number of anilines is 1. The number of methoxy groups -OCH3 is 1. The van der Waals surface area contributed by atoms with E-state index in [1.54, 1.807) is 30.3 Å². The first-order chi connectivity index (χ1) is 15.4. The molecule has 32 heavy (non-hydrogen) atoms. The molecule has 6 nitrogen and oxygen atoms in total. The van der Waals surface area contributed by atoms with Crippen molar-refractivity contribution in [3.05, 3.63) is 94.3 Å². The smallest absolute Gasteiger partial charge is 0.343 e. The summed E-state index contributed by atoms with van der Waals surface area (Å²) in [6.45, 7) is 0. The van der Waals surface area contributed by atoms with E-state index >= 15 is 0 Å². The van der Waals surface area contributed by atoms with Crippen molar-refractivity contribution < 1.29 is 23.5 Å². The Bertz CT molecular complexity index is 1250. The van der Waals surface area contributed by atoms with Crippen molar-refractivity contribution in [1.29, 1.82) is 5.26 Å². The Kier molecular flexibility index (Phi) is 7.21. The molecule has 0 bridgehead atoms. The van der Waals surface area contributed by atoms with Crippen molar-refractivity contribution in [2.45, 2.75) is 0 Å². The lowest BCUT2D eigenvalue weighted by Crippen LogP contribution is -2.13. The average molecular weight is 451 g/mol. The Morgan fingerprint density at radius 1 is 1.06 bits per heavy atom. The van der Waals surface area contributed by atoms with E-state index in [0.29, 0.717) is 16.3 Å². The molecule has 1 amide bonds. The van der Waals surface area contributed by atoms with Gasteiger partial charge < -0.3 is 14.8 Å². The van der Waals surface area contributed by atoms with Gasteiger partial charge in [-0.3, -0.25) is 4.79 Å². The summed E-state index contributed by atoms with van der Waals surface area (Å²) < 4.78 is 23.9. The maximum atomic E-state index is 13.3. The number of carbonyl (C=O) groups excluding carboxylic acids is 2. The van der Waals surface area contributed by atoms with Crippen molar-refractivity contribution in [3.63, 3.8) is 0 Å². The molecule has 0 saturated carbocycles. The zero-order valence-electron chi connectivity index (χ0n) is 16.8. The van der Waals surface area contributed by atoms with Gasteiger partial charge in [0.2, 0.25) is 0 Å². The number of nitrogens with one attached hydrogen (secondary N) is 1. The number of nitriles is 1. The molecule has 0 atom stereocenters. The van der Waals surface area contributed by atoms with Crippen molar-refractivity contribution >= 4 is 35.2 Å². The minimum Gasteiger partial charge on any atom is -0.493 e. The fraction of sp³-hybridized carbons (Fsp3) is 0.0417. The molecule has 0 aromatic heterocycles. The lowest BCUT2D eigenvalue weighted by Gasteiger charge is -2.10. The molecule has 1 N–H and O–H groups in total. The van der Waals surface area contributed by atoms with Gasteiger partial charge in [0.15, 0.2) is 11.5 Å². The molecule has 0 fully saturated rings. The van der Waals surface area contributed by atoms with Gasteiger partial charge in [0.1, 0.15) is 17.5 Å². The minimum atomic E-state index is -0.760. The SMILES string of the molecule is COc1cc(/C=C(\C#N)C(=O)Nc2cccc(Cl)c2)ccc1OC(=O)c1cccc(F)c1. The summed E-state index contributed by atoms with van der Waals surface area (Å²) in [6, 6.07) is 18.0. The number of amides is 1. The van der Waals surface area contributed by atoms with Crippen LogP contribution in [0.4, 0.5) is 10.1 Å². The summed E-state index contributed by atoms with van der Waals surface area (Å²) in [5, 5.41) is 12.4. The third-order valence-electron chi connectivity index (χ3n) is 4.21. The molecular weight excluding hydrogens is 435 g/mol. The molecule has 160 valence electrons. The second-order valence-corrected chi connectivity index (χ2v) is 6.88. The van der Waals surface area contributed by atoms with E-state index in [9.17, 15) is 19.2 Å². The maximum absolute atomic E-state index is 13.3. The molecule has 0 saturated heterocycles. The summed E-state index contributed by atoms with van der Waals surface area (Å²) in [5.41, 5.74) is 0.794. The van der Waals surface area contributed by atoms with Crippen LogP contribution in [0.3, 0.4) is 0 Å². The summed E-state index contributed by atoms with van der Waals surface area (Å²) >= 11 is 5.90. The molecule has 0 aliphatic heterocycles. The summed E-state index contributed by atoms with van der Waals surface area (Å²) in [4.78, 5) is 24.7. The molecule has 0 unspecified atom stereocenters. The number of benzene rings is 3. The van der Waals surface area contributed by atoms with E-state index in [0.717, 1.165) is 6.07 Å². The van der Waals surface area contributed by atoms with Gasteiger partial charge in [0.05, 0.1) is 12.7 Å². The Hall–Kier alpha value is -4.15. The van der Waals surface area contributed by atoms with Crippen LogP contribution in [0.25, 0.3) is 6.08 Å². The molecule has 8 heteroatoms. The topological polar surface area (TPSA) is 88.4 Å². The van der Waals surface area contributed by atoms with Crippen LogP contribution in [-0.4, -0.2) is 19.0 Å². The van der Waals surface area contributed by atoms with Crippen LogP contribution in [0.15, 0.2) is 72.3 Å². The van der Waals surface area contributed by atoms with E-state index < -0.39 is 17.7 Å². The predicted molar refractivity (Wildman–Crippen MR) is 118 cm³/mol. The van der Waals surface area contributed by atoms with E-state index in [2.05, 4.69) is 5.32 Å². The number of nitrogens with zero attached hydrogens (tertiary/aromatic N) is 1. The lowest BCUT2D eigenvalue weighted by atomic mass is 10.1. The van der Waals surface area contributed by atoms with Gasteiger partial charge in [-0.15, -0.1) is 0 Å². The first-order valence-corrected chi connectivity index (χ1v) is 9.62. The molecule has 0 radical (unpaired) electrons. The highest BCUT2D eigenvalue weighted by Crippen LogP contribution is 2.30. The number of ether oxygens (including phenoxy) is 2. The zero-order chi connectivity index (χ0) is 23.1. The molecule has 0 heterocycles. The van der Waals surface area contributed by atoms with Crippen molar-refractivity contribution in [3.8, 4) is 17.6 Å². The van der Waals surface area contributed by atoms with Gasteiger partial charge in [0, 0.05) is 10.7 Å². The molecule has 0 spiro atoms. The van der Waals surface area contributed by atoms with Gasteiger partial charge in [-0.1, -0.05) is 29.8 Å². The van der Waals surface area contributed by atoms with E-state index in [-0.39, 0.29) is 22.6 Å². The predicted octanol–water partition coefficient (Wildman–Crippen LogP) is 5.25. The van der Waals surface area contributed by atoms with Crippen molar-refractivity contribution in [1.82, 2.24) is 0 Å². The van der Waals surface area contributed by atoms with E-state index in [1.165, 1.54) is 43.5 Å². The van der Waals surface area contributed by atoms with Crippen LogP contribution >= 0.6 is 11.6 Å². The number of rotatable bonds is 6. The molecule has 0 aliphatic carbocycles. The summed E-state index contributed by atoms with van der Waals surface area (Å²) in [5.74, 6) is -1.65. The van der Waals surface area contributed by atoms with Crippen LogP contribution in [0, 0.1) is 17.1 Å². The highest BCUT2D eigenvalue weighted by molar-refractivity contribution is 6.31. The van der Waals surface area contributed by atoms with E-state index in [4.69, 9.17) is 21.1 Å². The average Bonchev–Trinajstić information content (AvgIpc) is 2.78. The molecule has 3 rings (SSSR count). The maximum Gasteiger partial charge on any atom is 0.343 e. The normalized spacial score (nSPS) is 10.8. The quantitative estimate of drug-likeness (QED) is 0.240. The minimum absolute atomic E-state index is 0.0421. The van der Waals surface area contributed by atoms with E-state index in [1.807, 2.05) is 6.07 Å². The lowest BCUT2D eigenvalue weighted by molar-refractivity contribution is -0.112. The first-order valence-electron chi connectivity index (χ1n) is 9.24. The zero-order valence-corrected chi connectivity index (χ0v) is 17.5. The van der Waals surface area contributed by atoms with Crippen LogP contribution < -0.4 is 14.8 Å². The van der Waals surface area contributed by atoms with Crippen molar-refractivity contribution in [2.24, 2.45) is 0 Å². The summed E-state index contributed by atoms with van der Waals surface area (Å²) in [7, 11) is 1.37. The molecule has 3 aromatic rings. The van der Waals surface area contributed by atoms with Crippen LogP contribution in [-0.2, 0) is 4.79 Å². The third-order valence-corrected chi connectivity index (χ3v) is 4.44. The van der Waals surface area contributed by atoms with Gasteiger partial charge in [-0.25, -0.2) is 9.18 Å². The second kappa shape index (κ2) is 10.2. The number of hydrogen-bond donors (Lipinski definition) is 1. The van der Waals surface area contributed by atoms with Gasteiger partial charge in [0.25, 0.3) is 5.91 Å². The first kappa shape index (κ1) is 22.5. The standard InChI is InChI=1S/C24H16ClFN2O4/c1-31-22-11-15(8-9-21(22)32-24(30)16-4-2-6-19(26)12-16)10-17(14-27)23(29)28-20-7-3-5-18(25)13-20/h2-13H,1H3,(H,28,29)/b17-10+. The Morgan fingerprint density at radius 3 is 2.53 bits per heavy atom. The van der Waals surface area contributed by atoms with Crippen LogP contribution in [0.1, 0.15) is 15.9 Å². The largest absolute Gasteiger partial charge is 0.493 e. The Morgan fingerprint density at radius 2 is 1.84 bits per heavy atom. The second-order valence-electron chi connectivity index (χ2n) is 6.44. The van der Waals surface area contributed by atoms with Crippen molar-refractivity contribution in [2.75, 3.05) is 12.4 Å². The monoisotopic (exact) mass is 450 g/mol. The number of esters is 1. The van der Waals surface area contributed by atoms with Gasteiger partial charge in [-0.05, 0) is 60.2 Å². The van der Waals surface area contributed by atoms with Gasteiger partial charge in [-0.2, -0.15) is 5.26 Å². The fourth-order valence-corrected chi connectivity index (χ4v) is 2.90. The Labute approximate surface area is 188 Å². The molecule has 3 aromatic carbocycles. The number of halogens is 2. The highest BCUT2D eigenvalue weighted by Gasteiger charge is 2.15. The fourth-order valence-electron chi connectivity index (χ4n) is 2.71. The number of hydrogen-bond acceptors (Lipinski definition) is 5. The molecular formula is C24H16ClFN2O4. The van der Waals surface area contributed by atoms with Crippen LogP contribution in [0.5, 0.6) is 11.5 Å². The highest BCUT2D eigenvalue weighted by atomic mass is 35.5.